The summed E-state index contributed by atoms with van der Waals surface area (Å²) in [4.78, 5) is 0. The van der Waals surface area contributed by atoms with Crippen LogP contribution in [-0.4, -0.2) is 29.4 Å². The molecule has 3 N–H and O–H groups in total. The van der Waals surface area contributed by atoms with Crippen LogP contribution in [0.3, 0.4) is 0 Å². The second-order valence-electron chi connectivity index (χ2n) is 4.77. The van der Waals surface area contributed by atoms with Gasteiger partial charge >= 0.3 is 0 Å². The number of halogens is 2. The standard InChI is InChI=1S/C14H17Cl2NO2/c15-12-4-2-10(6-13(12)16)14(19)7-17-11-3-1-9(5-11)8-18/h1-4,6,9,11,14,17-19H,5,7-8H2/t9-,11+,14-/m0/s1. The van der Waals surface area contributed by atoms with Crippen molar-refractivity contribution in [2.45, 2.75) is 18.6 Å². The molecule has 0 fully saturated rings. The molecule has 3 atom stereocenters. The summed E-state index contributed by atoms with van der Waals surface area (Å²) < 4.78 is 0. The summed E-state index contributed by atoms with van der Waals surface area (Å²) in [6.07, 6.45) is 4.27. The van der Waals surface area contributed by atoms with Gasteiger partial charge in [-0.05, 0) is 24.1 Å². The number of nitrogens with one attached hydrogen (secondary N) is 1. The smallest absolute Gasteiger partial charge is 0.0915 e. The van der Waals surface area contributed by atoms with Gasteiger partial charge in [0.1, 0.15) is 0 Å². The Morgan fingerprint density at radius 2 is 2.05 bits per heavy atom. The Hall–Kier alpha value is -0.580. The summed E-state index contributed by atoms with van der Waals surface area (Å²) in [7, 11) is 0. The van der Waals surface area contributed by atoms with Crippen LogP contribution in [0.15, 0.2) is 30.4 Å². The summed E-state index contributed by atoms with van der Waals surface area (Å²) in [6, 6.07) is 5.33. The van der Waals surface area contributed by atoms with Crippen LogP contribution < -0.4 is 5.32 Å². The zero-order chi connectivity index (χ0) is 13.8. The van der Waals surface area contributed by atoms with E-state index in [0.29, 0.717) is 16.6 Å². The fourth-order valence-electron chi connectivity index (χ4n) is 2.16. The maximum Gasteiger partial charge on any atom is 0.0915 e. The first-order valence-corrected chi connectivity index (χ1v) is 7.01. The maximum absolute atomic E-state index is 10.1. The van der Waals surface area contributed by atoms with E-state index in [1.807, 2.05) is 12.2 Å². The molecule has 0 unspecified atom stereocenters. The van der Waals surface area contributed by atoms with E-state index < -0.39 is 6.10 Å². The van der Waals surface area contributed by atoms with Crippen molar-refractivity contribution in [1.29, 1.82) is 0 Å². The summed E-state index contributed by atoms with van der Waals surface area (Å²) in [5, 5.41) is 23.3. The van der Waals surface area contributed by atoms with Gasteiger partial charge in [-0.1, -0.05) is 41.4 Å². The SMILES string of the molecule is OC[C@H]1C=C[C@@H](NC[C@H](O)c2ccc(Cl)c(Cl)c2)C1. The van der Waals surface area contributed by atoms with Crippen LogP contribution in [0.5, 0.6) is 0 Å². The minimum absolute atomic E-state index is 0.171. The summed E-state index contributed by atoms with van der Waals surface area (Å²) in [5.41, 5.74) is 0.739. The minimum atomic E-state index is -0.628. The van der Waals surface area contributed by atoms with Crippen molar-refractivity contribution in [2.75, 3.05) is 13.2 Å². The van der Waals surface area contributed by atoms with E-state index in [2.05, 4.69) is 5.32 Å². The second-order valence-corrected chi connectivity index (χ2v) is 5.58. The maximum atomic E-state index is 10.1. The molecule has 0 aliphatic heterocycles. The first kappa shape index (κ1) is 14.8. The van der Waals surface area contributed by atoms with Gasteiger partial charge in [0.2, 0.25) is 0 Å². The predicted octanol–water partition coefficient (Wildman–Crippen LogP) is 2.55. The molecular formula is C14H17Cl2NO2. The molecule has 3 nitrogen and oxygen atoms in total. The normalized spacial score (nSPS) is 23.8. The van der Waals surface area contributed by atoms with Crippen molar-refractivity contribution >= 4 is 23.2 Å². The Morgan fingerprint density at radius 3 is 2.68 bits per heavy atom. The molecule has 0 bridgehead atoms. The topological polar surface area (TPSA) is 52.5 Å². The van der Waals surface area contributed by atoms with Gasteiger partial charge in [-0.15, -0.1) is 0 Å². The van der Waals surface area contributed by atoms with Crippen LogP contribution in [-0.2, 0) is 0 Å². The Bertz CT molecular complexity index is 465. The van der Waals surface area contributed by atoms with Gasteiger partial charge in [0.15, 0.2) is 0 Å². The zero-order valence-corrected chi connectivity index (χ0v) is 11.9. The molecule has 0 spiro atoms. The van der Waals surface area contributed by atoms with Gasteiger partial charge in [0.25, 0.3) is 0 Å². The van der Waals surface area contributed by atoms with Gasteiger partial charge in [-0.25, -0.2) is 0 Å². The summed E-state index contributed by atoms with van der Waals surface area (Å²) in [5.74, 6) is 0.222. The van der Waals surface area contributed by atoms with Crippen LogP contribution in [0.2, 0.25) is 10.0 Å². The number of hydrogen-bond acceptors (Lipinski definition) is 3. The molecule has 1 aromatic rings. The monoisotopic (exact) mass is 301 g/mol. The largest absolute Gasteiger partial charge is 0.396 e. The molecular weight excluding hydrogens is 285 g/mol. The molecule has 1 aliphatic rings. The fraction of sp³-hybridized carbons (Fsp3) is 0.429. The number of aliphatic hydroxyl groups excluding tert-OH is 2. The molecule has 19 heavy (non-hydrogen) atoms. The van der Waals surface area contributed by atoms with E-state index >= 15 is 0 Å². The molecule has 0 saturated carbocycles. The van der Waals surface area contributed by atoms with E-state index in [-0.39, 0.29) is 18.6 Å². The average Bonchev–Trinajstić information content (AvgIpc) is 2.87. The number of rotatable bonds is 5. The number of aliphatic hydroxyl groups is 2. The Kier molecular flexibility index (Phi) is 5.25. The van der Waals surface area contributed by atoms with Gasteiger partial charge in [-0.2, -0.15) is 0 Å². The molecule has 0 amide bonds. The molecule has 104 valence electrons. The Balaban J connectivity index is 1.86. The third-order valence-corrected chi connectivity index (χ3v) is 4.05. The average molecular weight is 302 g/mol. The van der Waals surface area contributed by atoms with E-state index in [4.69, 9.17) is 28.3 Å². The highest BCUT2D eigenvalue weighted by molar-refractivity contribution is 6.42. The van der Waals surface area contributed by atoms with E-state index in [9.17, 15) is 5.11 Å². The van der Waals surface area contributed by atoms with Crippen LogP contribution in [0, 0.1) is 5.92 Å². The van der Waals surface area contributed by atoms with E-state index in [1.54, 1.807) is 18.2 Å². The Labute approximate surface area is 122 Å². The van der Waals surface area contributed by atoms with E-state index in [0.717, 1.165) is 12.0 Å². The highest BCUT2D eigenvalue weighted by Gasteiger charge is 2.19. The molecule has 0 aromatic heterocycles. The first-order chi connectivity index (χ1) is 9.10. The fourth-order valence-corrected chi connectivity index (χ4v) is 2.47. The van der Waals surface area contributed by atoms with Crippen molar-refractivity contribution in [1.82, 2.24) is 5.32 Å². The van der Waals surface area contributed by atoms with Gasteiger partial charge < -0.3 is 15.5 Å². The van der Waals surface area contributed by atoms with Gasteiger partial charge in [0.05, 0.1) is 16.1 Å². The molecule has 5 heteroatoms. The van der Waals surface area contributed by atoms with Gasteiger partial charge in [-0.3, -0.25) is 0 Å². The lowest BCUT2D eigenvalue weighted by molar-refractivity contribution is 0.170. The van der Waals surface area contributed by atoms with Crippen LogP contribution in [0.4, 0.5) is 0 Å². The third-order valence-electron chi connectivity index (χ3n) is 3.31. The molecule has 0 heterocycles. The molecule has 1 aromatic carbocycles. The van der Waals surface area contributed by atoms with Crippen molar-refractivity contribution in [3.63, 3.8) is 0 Å². The third kappa shape index (κ3) is 3.94. The second kappa shape index (κ2) is 6.73. The molecule has 0 radical (unpaired) electrons. The molecule has 1 aliphatic carbocycles. The van der Waals surface area contributed by atoms with Gasteiger partial charge in [0, 0.05) is 25.1 Å². The number of benzene rings is 1. The lowest BCUT2D eigenvalue weighted by Crippen LogP contribution is -2.30. The van der Waals surface area contributed by atoms with Crippen molar-refractivity contribution in [3.05, 3.63) is 46.0 Å². The number of hydrogen-bond donors (Lipinski definition) is 3. The lowest BCUT2D eigenvalue weighted by atomic mass is 10.1. The van der Waals surface area contributed by atoms with Crippen LogP contribution in [0.1, 0.15) is 18.1 Å². The lowest BCUT2D eigenvalue weighted by Gasteiger charge is -2.17. The quantitative estimate of drug-likeness (QED) is 0.733. The van der Waals surface area contributed by atoms with E-state index in [1.165, 1.54) is 0 Å². The summed E-state index contributed by atoms with van der Waals surface area (Å²) >= 11 is 11.8. The van der Waals surface area contributed by atoms with Crippen molar-refractivity contribution < 1.29 is 10.2 Å². The van der Waals surface area contributed by atoms with Crippen LogP contribution >= 0.6 is 23.2 Å². The highest BCUT2D eigenvalue weighted by atomic mass is 35.5. The Morgan fingerprint density at radius 1 is 1.26 bits per heavy atom. The minimum Gasteiger partial charge on any atom is -0.396 e. The van der Waals surface area contributed by atoms with Crippen molar-refractivity contribution in [2.24, 2.45) is 5.92 Å². The predicted molar refractivity (Wildman–Crippen MR) is 77.5 cm³/mol. The first-order valence-electron chi connectivity index (χ1n) is 6.25. The summed E-state index contributed by atoms with van der Waals surface area (Å²) in [6.45, 7) is 0.606. The van der Waals surface area contributed by atoms with Crippen molar-refractivity contribution in [3.8, 4) is 0 Å². The molecule has 0 saturated heterocycles. The van der Waals surface area contributed by atoms with Crippen LogP contribution in [0.25, 0.3) is 0 Å². The zero-order valence-electron chi connectivity index (χ0n) is 10.4. The highest BCUT2D eigenvalue weighted by Crippen LogP contribution is 2.25. The molecule has 2 rings (SSSR count).